The third kappa shape index (κ3) is 1.08. The molecule has 0 saturated carbocycles. The second kappa shape index (κ2) is 2.81. The molecule has 2 aliphatic heterocycles. The van der Waals surface area contributed by atoms with Crippen LogP contribution in [0.1, 0.15) is 6.42 Å². The van der Waals surface area contributed by atoms with Crippen LogP contribution in [0, 0.1) is 5.92 Å². The summed E-state index contributed by atoms with van der Waals surface area (Å²) in [6.07, 6.45) is 2.34. The van der Waals surface area contributed by atoms with Crippen LogP contribution in [0.5, 0.6) is 0 Å². The van der Waals surface area contributed by atoms with Gasteiger partial charge >= 0.3 is 0 Å². The fourth-order valence-corrected chi connectivity index (χ4v) is 2.75. The Hall–Kier alpha value is -0.420. The fraction of sp³-hybridized carbons (Fsp3) is 0.429. The summed E-state index contributed by atoms with van der Waals surface area (Å²) in [5.74, 6) is 0.344. The SMILES string of the molecule is O=C1C=C2SCCC2C(=O)N1S. The predicted molar refractivity (Wildman–Crippen MR) is 49.5 cm³/mol. The molecule has 0 aromatic heterocycles. The lowest BCUT2D eigenvalue weighted by Crippen LogP contribution is -2.36. The van der Waals surface area contributed by atoms with Crippen LogP contribution in [0.2, 0.25) is 0 Å². The summed E-state index contributed by atoms with van der Waals surface area (Å²) < 4.78 is 0.903. The molecule has 0 spiro atoms. The molecule has 0 bridgehead atoms. The molecule has 5 heteroatoms. The van der Waals surface area contributed by atoms with Crippen LogP contribution in [0.3, 0.4) is 0 Å². The van der Waals surface area contributed by atoms with E-state index in [1.54, 1.807) is 11.8 Å². The first-order valence-corrected chi connectivity index (χ1v) is 5.00. The average molecular weight is 201 g/mol. The lowest BCUT2D eigenvalue weighted by molar-refractivity contribution is -0.138. The van der Waals surface area contributed by atoms with E-state index < -0.39 is 0 Å². The van der Waals surface area contributed by atoms with E-state index in [9.17, 15) is 9.59 Å². The Morgan fingerprint density at radius 1 is 1.58 bits per heavy atom. The Balaban J connectivity index is 2.38. The van der Waals surface area contributed by atoms with Crippen molar-refractivity contribution in [2.24, 2.45) is 5.92 Å². The Morgan fingerprint density at radius 2 is 2.33 bits per heavy atom. The van der Waals surface area contributed by atoms with E-state index in [4.69, 9.17) is 0 Å². The van der Waals surface area contributed by atoms with Gasteiger partial charge in [-0.3, -0.25) is 9.59 Å². The number of carbonyl (C=O) groups is 2. The normalized spacial score (nSPS) is 28.9. The maximum absolute atomic E-state index is 11.4. The van der Waals surface area contributed by atoms with Gasteiger partial charge in [-0.25, -0.2) is 4.31 Å². The summed E-state index contributed by atoms with van der Waals surface area (Å²) in [4.78, 5) is 23.4. The molecule has 0 radical (unpaired) electrons. The van der Waals surface area contributed by atoms with Gasteiger partial charge in [0.15, 0.2) is 0 Å². The van der Waals surface area contributed by atoms with Crippen molar-refractivity contribution in [3.05, 3.63) is 11.0 Å². The van der Waals surface area contributed by atoms with Crippen LogP contribution in [0.25, 0.3) is 0 Å². The molecule has 3 nitrogen and oxygen atoms in total. The number of carbonyl (C=O) groups excluding carboxylic acids is 2. The molecule has 1 unspecified atom stereocenters. The van der Waals surface area contributed by atoms with Crippen molar-refractivity contribution in [2.75, 3.05) is 5.75 Å². The molecule has 0 aromatic rings. The molecule has 2 heterocycles. The van der Waals surface area contributed by atoms with Gasteiger partial charge < -0.3 is 0 Å². The van der Waals surface area contributed by atoms with Crippen molar-refractivity contribution >= 4 is 36.4 Å². The fourth-order valence-electron chi connectivity index (χ4n) is 1.36. The summed E-state index contributed by atoms with van der Waals surface area (Å²) >= 11 is 5.41. The van der Waals surface area contributed by atoms with Crippen molar-refractivity contribution in [3.8, 4) is 0 Å². The highest BCUT2D eigenvalue weighted by molar-refractivity contribution is 8.03. The lowest BCUT2D eigenvalue weighted by atomic mass is 10.0. The van der Waals surface area contributed by atoms with Gasteiger partial charge in [-0.2, -0.15) is 0 Å². The largest absolute Gasteiger partial charge is 0.273 e. The summed E-state index contributed by atoms with van der Waals surface area (Å²) in [7, 11) is 0. The highest BCUT2D eigenvalue weighted by Gasteiger charge is 2.37. The van der Waals surface area contributed by atoms with Crippen LogP contribution in [0.4, 0.5) is 0 Å². The highest BCUT2D eigenvalue weighted by Crippen LogP contribution is 2.39. The number of fused-ring (bicyclic) bond motifs is 1. The number of imide groups is 1. The molecule has 2 amide bonds. The van der Waals surface area contributed by atoms with Gasteiger partial charge in [-0.05, 0) is 12.2 Å². The Labute approximate surface area is 79.7 Å². The Kier molecular flexibility index (Phi) is 1.92. The summed E-state index contributed by atoms with van der Waals surface area (Å²) in [6, 6.07) is 0. The third-order valence-electron chi connectivity index (χ3n) is 2.00. The third-order valence-corrected chi connectivity index (χ3v) is 3.57. The van der Waals surface area contributed by atoms with Crippen molar-refractivity contribution in [1.29, 1.82) is 0 Å². The molecule has 0 aliphatic carbocycles. The van der Waals surface area contributed by atoms with Crippen LogP contribution in [-0.2, 0) is 9.59 Å². The van der Waals surface area contributed by atoms with Crippen molar-refractivity contribution in [3.63, 3.8) is 0 Å². The van der Waals surface area contributed by atoms with E-state index in [0.29, 0.717) is 0 Å². The standard InChI is InChI=1S/C7H7NO2S2/c9-6-3-5-4(1-2-12-5)7(10)8(6)11/h3-4,11H,1-2H2. The van der Waals surface area contributed by atoms with Crippen LogP contribution in [0.15, 0.2) is 11.0 Å². The van der Waals surface area contributed by atoms with Gasteiger partial charge in [0.2, 0.25) is 5.91 Å². The van der Waals surface area contributed by atoms with Crippen molar-refractivity contribution in [1.82, 2.24) is 4.31 Å². The lowest BCUT2D eigenvalue weighted by Gasteiger charge is -2.21. The molecule has 64 valence electrons. The van der Waals surface area contributed by atoms with Crippen LogP contribution < -0.4 is 0 Å². The minimum absolute atomic E-state index is 0.0924. The summed E-state index contributed by atoms with van der Waals surface area (Å²) in [5.41, 5.74) is 0. The number of rotatable bonds is 0. The molecule has 2 rings (SSSR count). The Morgan fingerprint density at radius 3 is 3.08 bits per heavy atom. The molecule has 1 saturated heterocycles. The van der Waals surface area contributed by atoms with Gasteiger partial charge in [-0.15, -0.1) is 11.8 Å². The van der Waals surface area contributed by atoms with E-state index >= 15 is 0 Å². The first-order valence-electron chi connectivity index (χ1n) is 3.61. The van der Waals surface area contributed by atoms with Crippen molar-refractivity contribution in [2.45, 2.75) is 6.42 Å². The quantitative estimate of drug-likeness (QED) is 0.466. The zero-order chi connectivity index (χ0) is 8.72. The molecule has 2 aliphatic rings. The molecule has 0 N–H and O–H groups in total. The molecule has 12 heavy (non-hydrogen) atoms. The maximum Gasteiger partial charge on any atom is 0.264 e. The number of hydrogen-bond acceptors (Lipinski definition) is 4. The van der Waals surface area contributed by atoms with E-state index in [2.05, 4.69) is 12.8 Å². The first kappa shape index (κ1) is 8.19. The zero-order valence-electron chi connectivity index (χ0n) is 6.19. The van der Waals surface area contributed by atoms with E-state index in [-0.39, 0.29) is 17.7 Å². The summed E-state index contributed by atoms with van der Waals surface area (Å²) in [5, 5.41) is 0. The van der Waals surface area contributed by atoms with Gasteiger partial charge in [0.05, 0.1) is 5.92 Å². The maximum atomic E-state index is 11.4. The number of thiol groups is 1. The van der Waals surface area contributed by atoms with E-state index in [0.717, 1.165) is 21.4 Å². The van der Waals surface area contributed by atoms with Gasteiger partial charge in [0.25, 0.3) is 5.91 Å². The number of amides is 2. The smallest absolute Gasteiger partial charge is 0.264 e. The van der Waals surface area contributed by atoms with Crippen molar-refractivity contribution < 1.29 is 9.59 Å². The summed E-state index contributed by atoms with van der Waals surface area (Å²) in [6.45, 7) is 0. The zero-order valence-corrected chi connectivity index (χ0v) is 7.90. The molecule has 0 aromatic carbocycles. The second-order valence-electron chi connectivity index (χ2n) is 2.72. The van der Waals surface area contributed by atoms with Gasteiger partial charge in [0.1, 0.15) is 0 Å². The van der Waals surface area contributed by atoms with Gasteiger partial charge in [-0.1, -0.05) is 12.8 Å². The topological polar surface area (TPSA) is 37.4 Å². The van der Waals surface area contributed by atoms with E-state index in [1.807, 2.05) is 0 Å². The predicted octanol–water partition coefficient (Wildman–Crippen LogP) is 0.837. The van der Waals surface area contributed by atoms with Crippen LogP contribution in [-0.4, -0.2) is 21.9 Å². The molecular formula is C7H7NO2S2. The molecular weight excluding hydrogens is 194 g/mol. The number of hydrogen-bond donors (Lipinski definition) is 1. The first-order chi connectivity index (χ1) is 5.70. The number of thioether (sulfide) groups is 1. The minimum atomic E-state index is -0.316. The monoisotopic (exact) mass is 201 g/mol. The average Bonchev–Trinajstić information content (AvgIpc) is 2.48. The van der Waals surface area contributed by atoms with E-state index in [1.165, 1.54) is 6.08 Å². The highest BCUT2D eigenvalue weighted by atomic mass is 32.2. The van der Waals surface area contributed by atoms with Gasteiger partial charge in [0, 0.05) is 11.0 Å². The Bertz CT molecular complexity index is 287. The van der Waals surface area contributed by atoms with Crippen LogP contribution >= 0.6 is 24.6 Å². The number of nitrogens with zero attached hydrogens (tertiary/aromatic N) is 1. The minimum Gasteiger partial charge on any atom is -0.273 e. The molecule has 1 atom stereocenters. The molecule has 1 fully saturated rings. The second-order valence-corrected chi connectivity index (χ2v) is 4.29.